The van der Waals surface area contributed by atoms with E-state index in [0.29, 0.717) is 6.04 Å². The summed E-state index contributed by atoms with van der Waals surface area (Å²) >= 11 is 0. The molecule has 1 aliphatic carbocycles. The highest BCUT2D eigenvalue weighted by Gasteiger charge is 2.33. The van der Waals surface area contributed by atoms with E-state index >= 15 is 0 Å². The van der Waals surface area contributed by atoms with Crippen LogP contribution in [0, 0.1) is 5.92 Å². The zero-order chi connectivity index (χ0) is 12.3. The average molecular weight is 240 g/mol. The lowest BCUT2D eigenvalue weighted by Crippen LogP contribution is -2.41. The van der Waals surface area contributed by atoms with Gasteiger partial charge >= 0.3 is 0 Å². The van der Waals surface area contributed by atoms with E-state index in [0.717, 1.165) is 25.4 Å². The lowest BCUT2D eigenvalue weighted by atomic mass is 9.94. The predicted octanol–water partition coefficient (Wildman–Crippen LogP) is 1.61. The Bertz CT molecular complexity index is 242. The second-order valence-corrected chi connectivity index (χ2v) is 6.28. The molecule has 0 bridgehead atoms. The number of hydrogen-bond acceptors (Lipinski definition) is 3. The third kappa shape index (κ3) is 3.67. The molecule has 1 aliphatic heterocycles. The zero-order valence-corrected chi connectivity index (χ0v) is 11.4. The van der Waals surface area contributed by atoms with Crippen LogP contribution in [0.3, 0.4) is 0 Å². The maximum absolute atomic E-state index is 10.0. The maximum atomic E-state index is 10.0. The van der Waals surface area contributed by atoms with Crippen molar-refractivity contribution in [2.24, 2.45) is 5.92 Å². The Balaban J connectivity index is 1.87. The Morgan fingerprint density at radius 1 is 1.29 bits per heavy atom. The van der Waals surface area contributed by atoms with Gasteiger partial charge in [-0.3, -0.25) is 0 Å². The van der Waals surface area contributed by atoms with Gasteiger partial charge in [0.2, 0.25) is 0 Å². The van der Waals surface area contributed by atoms with Crippen molar-refractivity contribution in [2.75, 3.05) is 26.7 Å². The van der Waals surface area contributed by atoms with E-state index in [4.69, 9.17) is 0 Å². The molecular weight excluding hydrogens is 212 g/mol. The van der Waals surface area contributed by atoms with Crippen LogP contribution < -0.4 is 5.32 Å². The second kappa shape index (κ2) is 5.68. The Hall–Kier alpha value is -0.120. The molecule has 0 spiro atoms. The Kier molecular flexibility index (Phi) is 4.45. The van der Waals surface area contributed by atoms with E-state index in [9.17, 15) is 5.11 Å². The van der Waals surface area contributed by atoms with Crippen molar-refractivity contribution in [1.29, 1.82) is 0 Å². The van der Waals surface area contributed by atoms with E-state index in [1.54, 1.807) is 0 Å². The molecule has 3 nitrogen and oxygen atoms in total. The smallest absolute Gasteiger partial charge is 0.0758 e. The van der Waals surface area contributed by atoms with Crippen molar-refractivity contribution in [1.82, 2.24) is 10.2 Å². The van der Waals surface area contributed by atoms with Crippen LogP contribution in [0.2, 0.25) is 0 Å². The summed E-state index contributed by atoms with van der Waals surface area (Å²) in [6.07, 6.45) is 7.76. The fourth-order valence-corrected chi connectivity index (χ4v) is 3.51. The van der Waals surface area contributed by atoms with Gasteiger partial charge < -0.3 is 15.3 Å². The van der Waals surface area contributed by atoms with Gasteiger partial charge in [-0.25, -0.2) is 0 Å². The molecule has 100 valence electrons. The van der Waals surface area contributed by atoms with E-state index in [-0.39, 0.29) is 0 Å². The van der Waals surface area contributed by atoms with Crippen LogP contribution >= 0.6 is 0 Å². The van der Waals surface area contributed by atoms with Crippen LogP contribution in [0.1, 0.15) is 45.4 Å². The summed E-state index contributed by atoms with van der Waals surface area (Å²) in [5.74, 6) is 0.774. The molecule has 3 unspecified atom stereocenters. The number of aliphatic hydroxyl groups is 1. The molecule has 0 aromatic carbocycles. The normalized spacial score (nSPS) is 40.4. The van der Waals surface area contributed by atoms with Crippen molar-refractivity contribution < 1.29 is 5.11 Å². The highest BCUT2D eigenvalue weighted by molar-refractivity contribution is 4.89. The zero-order valence-electron chi connectivity index (χ0n) is 11.4. The van der Waals surface area contributed by atoms with Crippen LogP contribution in [-0.4, -0.2) is 48.3 Å². The van der Waals surface area contributed by atoms with Gasteiger partial charge in [0.05, 0.1) is 5.60 Å². The highest BCUT2D eigenvalue weighted by atomic mass is 16.3. The monoisotopic (exact) mass is 240 g/mol. The van der Waals surface area contributed by atoms with Gasteiger partial charge in [-0.05, 0) is 39.2 Å². The van der Waals surface area contributed by atoms with E-state index in [2.05, 4.69) is 17.3 Å². The molecule has 0 aromatic rings. The molecule has 3 atom stereocenters. The number of likely N-dealkylation sites (tertiary alicyclic amines) is 1. The quantitative estimate of drug-likeness (QED) is 0.736. The number of β-amino-alcohol motifs (C(OH)–C–C–N with tert-alkyl or cyclic N) is 1. The van der Waals surface area contributed by atoms with Gasteiger partial charge in [-0.2, -0.15) is 0 Å². The molecular formula is C14H28N2O. The minimum atomic E-state index is -0.445. The largest absolute Gasteiger partial charge is 0.389 e. The molecule has 2 aliphatic rings. The summed E-state index contributed by atoms with van der Waals surface area (Å²) in [6, 6.07) is 0.683. The third-order valence-corrected chi connectivity index (χ3v) is 4.55. The van der Waals surface area contributed by atoms with Crippen LogP contribution in [0.15, 0.2) is 0 Å². The maximum Gasteiger partial charge on any atom is 0.0758 e. The summed E-state index contributed by atoms with van der Waals surface area (Å²) in [5, 5.41) is 13.5. The highest BCUT2D eigenvalue weighted by Crippen LogP contribution is 2.27. The van der Waals surface area contributed by atoms with Crippen molar-refractivity contribution in [3.8, 4) is 0 Å². The molecule has 1 saturated heterocycles. The predicted molar refractivity (Wildman–Crippen MR) is 71.1 cm³/mol. The van der Waals surface area contributed by atoms with Gasteiger partial charge in [0.15, 0.2) is 0 Å². The summed E-state index contributed by atoms with van der Waals surface area (Å²) in [5.41, 5.74) is -0.445. The first-order chi connectivity index (χ1) is 8.11. The lowest BCUT2D eigenvalue weighted by Gasteiger charge is -2.29. The van der Waals surface area contributed by atoms with Gasteiger partial charge in [0.1, 0.15) is 0 Å². The average Bonchev–Trinajstić information content (AvgIpc) is 2.50. The van der Waals surface area contributed by atoms with Gasteiger partial charge in [0.25, 0.3) is 0 Å². The first-order valence-corrected chi connectivity index (χ1v) is 7.23. The van der Waals surface area contributed by atoms with Gasteiger partial charge in [-0.15, -0.1) is 0 Å². The summed E-state index contributed by atoms with van der Waals surface area (Å²) < 4.78 is 0. The van der Waals surface area contributed by atoms with Gasteiger partial charge in [0, 0.05) is 25.7 Å². The Morgan fingerprint density at radius 2 is 2.06 bits per heavy atom. The lowest BCUT2D eigenvalue weighted by molar-refractivity contribution is 0.0653. The van der Waals surface area contributed by atoms with Crippen LogP contribution in [0.25, 0.3) is 0 Å². The molecule has 17 heavy (non-hydrogen) atoms. The number of nitrogens with zero attached hydrogens (tertiary/aromatic N) is 1. The number of hydrogen-bond donors (Lipinski definition) is 2. The molecule has 0 radical (unpaired) electrons. The fourth-order valence-electron chi connectivity index (χ4n) is 3.51. The SMILES string of the molecule is CNC1CCCCCC1CN1CCC(C)(O)C1. The minimum Gasteiger partial charge on any atom is -0.389 e. The summed E-state index contributed by atoms with van der Waals surface area (Å²) in [6.45, 7) is 5.07. The minimum absolute atomic E-state index is 0.445. The molecule has 1 saturated carbocycles. The first kappa shape index (κ1) is 13.3. The molecule has 0 aromatic heterocycles. The fraction of sp³-hybridized carbons (Fsp3) is 1.00. The molecule has 2 N–H and O–H groups in total. The van der Waals surface area contributed by atoms with Crippen LogP contribution in [0.4, 0.5) is 0 Å². The second-order valence-electron chi connectivity index (χ2n) is 6.28. The molecule has 0 amide bonds. The third-order valence-electron chi connectivity index (χ3n) is 4.55. The molecule has 2 fully saturated rings. The Labute approximate surface area is 106 Å². The van der Waals surface area contributed by atoms with E-state index in [1.165, 1.54) is 38.6 Å². The molecule has 1 heterocycles. The molecule has 3 heteroatoms. The standard InChI is InChI=1S/C14H28N2O/c1-14(17)8-9-16(11-14)10-12-6-4-3-5-7-13(12)15-2/h12-13,15,17H,3-11H2,1-2H3. The van der Waals surface area contributed by atoms with Crippen LogP contribution in [0.5, 0.6) is 0 Å². The Morgan fingerprint density at radius 3 is 2.71 bits per heavy atom. The molecule has 2 rings (SSSR count). The number of nitrogens with one attached hydrogen (secondary N) is 1. The van der Waals surface area contributed by atoms with Crippen molar-refractivity contribution in [3.63, 3.8) is 0 Å². The topological polar surface area (TPSA) is 35.5 Å². The summed E-state index contributed by atoms with van der Waals surface area (Å²) in [4.78, 5) is 2.46. The van der Waals surface area contributed by atoms with Gasteiger partial charge in [-0.1, -0.05) is 19.3 Å². The van der Waals surface area contributed by atoms with E-state index in [1.807, 2.05) is 6.92 Å². The van der Waals surface area contributed by atoms with Crippen molar-refractivity contribution >= 4 is 0 Å². The van der Waals surface area contributed by atoms with Crippen LogP contribution in [-0.2, 0) is 0 Å². The van der Waals surface area contributed by atoms with E-state index < -0.39 is 5.60 Å². The van der Waals surface area contributed by atoms with Crippen molar-refractivity contribution in [2.45, 2.75) is 57.1 Å². The van der Waals surface area contributed by atoms with Crippen molar-refractivity contribution in [3.05, 3.63) is 0 Å². The summed E-state index contributed by atoms with van der Waals surface area (Å²) in [7, 11) is 2.10. The number of rotatable bonds is 3. The first-order valence-electron chi connectivity index (χ1n) is 7.23.